The van der Waals surface area contributed by atoms with Gasteiger partial charge in [-0.05, 0) is 6.92 Å². The van der Waals surface area contributed by atoms with Crippen molar-refractivity contribution in [3.05, 3.63) is 35.1 Å². The van der Waals surface area contributed by atoms with Crippen molar-refractivity contribution in [2.45, 2.75) is 6.92 Å². The fourth-order valence-electron chi connectivity index (χ4n) is 1.55. The standard InChI is InChI=1S/C10H12N2/c1-7-8-5-4-6-9(8)10(11-7)12(2)3/h4-6H,1-3H3. The van der Waals surface area contributed by atoms with Crippen LogP contribution < -0.4 is 0 Å². The van der Waals surface area contributed by atoms with Crippen molar-refractivity contribution in [2.75, 3.05) is 14.1 Å². The highest BCUT2D eigenvalue weighted by atomic mass is 15.1. The van der Waals surface area contributed by atoms with Gasteiger partial charge in [-0.15, -0.1) is 0 Å². The molecule has 2 heteroatoms. The normalized spacial score (nSPS) is 19.6. The summed E-state index contributed by atoms with van der Waals surface area (Å²) >= 11 is 0. The van der Waals surface area contributed by atoms with Gasteiger partial charge in [-0.25, -0.2) is 4.99 Å². The highest BCUT2D eigenvalue weighted by Gasteiger charge is 2.22. The molecule has 2 rings (SSSR count). The molecule has 0 aromatic heterocycles. The van der Waals surface area contributed by atoms with Crippen LogP contribution >= 0.6 is 0 Å². The van der Waals surface area contributed by atoms with Crippen molar-refractivity contribution in [2.24, 2.45) is 4.99 Å². The van der Waals surface area contributed by atoms with Crippen LogP contribution in [0.5, 0.6) is 0 Å². The largest absolute Gasteiger partial charge is 0.362 e. The van der Waals surface area contributed by atoms with E-state index in [4.69, 9.17) is 0 Å². The number of aliphatic imine (C=N–C) groups is 1. The Morgan fingerprint density at radius 1 is 1.33 bits per heavy atom. The molecule has 0 bridgehead atoms. The zero-order valence-corrected chi connectivity index (χ0v) is 7.63. The molecule has 0 radical (unpaired) electrons. The zero-order chi connectivity index (χ0) is 8.72. The first-order valence-electron chi connectivity index (χ1n) is 4.06. The maximum Gasteiger partial charge on any atom is 0.136 e. The predicted molar refractivity (Wildman–Crippen MR) is 51.0 cm³/mol. The SMILES string of the molecule is CC1=C2C=CC=C2C(N(C)C)=N1. The minimum Gasteiger partial charge on any atom is -0.362 e. The summed E-state index contributed by atoms with van der Waals surface area (Å²) in [6.07, 6.45) is 6.31. The van der Waals surface area contributed by atoms with E-state index in [1.165, 1.54) is 11.1 Å². The van der Waals surface area contributed by atoms with E-state index in [1.807, 2.05) is 14.1 Å². The van der Waals surface area contributed by atoms with Crippen molar-refractivity contribution in [3.8, 4) is 0 Å². The first kappa shape index (κ1) is 7.35. The van der Waals surface area contributed by atoms with Crippen LogP contribution in [0.15, 0.2) is 40.1 Å². The van der Waals surface area contributed by atoms with Crippen LogP contribution in [0.1, 0.15) is 6.92 Å². The lowest BCUT2D eigenvalue weighted by molar-refractivity contribution is 0.625. The third kappa shape index (κ3) is 0.843. The number of hydrogen-bond donors (Lipinski definition) is 0. The molecule has 2 nitrogen and oxygen atoms in total. The Hall–Kier alpha value is -1.31. The van der Waals surface area contributed by atoms with Gasteiger partial charge in [0.15, 0.2) is 0 Å². The van der Waals surface area contributed by atoms with Crippen LogP contribution in [0.4, 0.5) is 0 Å². The molecule has 12 heavy (non-hydrogen) atoms. The Balaban J connectivity index is 2.43. The Morgan fingerprint density at radius 3 is 2.75 bits per heavy atom. The molecular formula is C10H12N2. The fourth-order valence-corrected chi connectivity index (χ4v) is 1.55. The van der Waals surface area contributed by atoms with Gasteiger partial charge in [0.25, 0.3) is 0 Å². The van der Waals surface area contributed by atoms with Crippen molar-refractivity contribution < 1.29 is 0 Å². The summed E-state index contributed by atoms with van der Waals surface area (Å²) in [4.78, 5) is 6.53. The number of rotatable bonds is 0. The molecule has 0 saturated heterocycles. The minimum absolute atomic E-state index is 1.08. The molecule has 1 heterocycles. The lowest BCUT2D eigenvalue weighted by atomic mass is 10.1. The van der Waals surface area contributed by atoms with Crippen molar-refractivity contribution in [1.29, 1.82) is 0 Å². The molecule has 0 fully saturated rings. The fraction of sp³-hybridized carbons (Fsp3) is 0.300. The van der Waals surface area contributed by atoms with Crippen LogP contribution in [0.3, 0.4) is 0 Å². The van der Waals surface area contributed by atoms with Crippen LogP contribution in [-0.2, 0) is 0 Å². The Bertz CT molecular complexity index is 341. The summed E-state index contributed by atoms with van der Waals surface area (Å²) in [6.45, 7) is 2.05. The highest BCUT2D eigenvalue weighted by molar-refractivity contribution is 6.07. The summed E-state index contributed by atoms with van der Waals surface area (Å²) in [5, 5.41) is 0. The van der Waals surface area contributed by atoms with Crippen LogP contribution in [0.2, 0.25) is 0 Å². The predicted octanol–water partition coefficient (Wildman–Crippen LogP) is 1.73. The van der Waals surface area contributed by atoms with Crippen molar-refractivity contribution in [1.82, 2.24) is 4.90 Å². The van der Waals surface area contributed by atoms with E-state index in [0.29, 0.717) is 0 Å². The van der Waals surface area contributed by atoms with E-state index in [0.717, 1.165) is 11.5 Å². The Morgan fingerprint density at radius 2 is 2.08 bits per heavy atom. The molecule has 0 amide bonds. The summed E-state index contributed by atoms with van der Waals surface area (Å²) in [6, 6.07) is 0. The monoisotopic (exact) mass is 160 g/mol. The van der Waals surface area contributed by atoms with Crippen molar-refractivity contribution >= 4 is 5.84 Å². The summed E-state index contributed by atoms with van der Waals surface area (Å²) in [5.74, 6) is 1.08. The second-order valence-corrected chi connectivity index (χ2v) is 3.27. The number of allylic oxidation sites excluding steroid dienone is 4. The third-order valence-electron chi connectivity index (χ3n) is 2.14. The molecule has 0 saturated carbocycles. The summed E-state index contributed by atoms with van der Waals surface area (Å²) in [7, 11) is 4.04. The Labute approximate surface area is 72.6 Å². The maximum atomic E-state index is 4.48. The van der Waals surface area contributed by atoms with Gasteiger partial charge >= 0.3 is 0 Å². The van der Waals surface area contributed by atoms with E-state index >= 15 is 0 Å². The molecular weight excluding hydrogens is 148 g/mol. The first-order chi connectivity index (χ1) is 5.70. The molecule has 0 aromatic carbocycles. The number of nitrogens with zero attached hydrogens (tertiary/aromatic N) is 2. The number of fused-ring (bicyclic) bond motifs is 1. The lowest BCUT2D eigenvalue weighted by Crippen LogP contribution is -2.21. The van der Waals surface area contributed by atoms with Gasteiger partial charge in [0.2, 0.25) is 0 Å². The van der Waals surface area contributed by atoms with Gasteiger partial charge in [-0.2, -0.15) is 0 Å². The molecule has 0 unspecified atom stereocenters. The Kier molecular flexibility index (Phi) is 1.43. The minimum atomic E-state index is 1.08. The molecule has 0 aromatic rings. The molecule has 62 valence electrons. The van der Waals surface area contributed by atoms with Gasteiger partial charge in [-0.1, -0.05) is 18.2 Å². The first-order valence-corrected chi connectivity index (χ1v) is 4.06. The van der Waals surface area contributed by atoms with Crippen LogP contribution in [-0.4, -0.2) is 24.8 Å². The third-order valence-corrected chi connectivity index (χ3v) is 2.14. The van der Waals surface area contributed by atoms with Gasteiger partial charge in [0.05, 0.1) is 0 Å². The van der Waals surface area contributed by atoms with E-state index in [-0.39, 0.29) is 0 Å². The molecule has 0 N–H and O–H groups in total. The second-order valence-electron chi connectivity index (χ2n) is 3.27. The van der Waals surface area contributed by atoms with Gasteiger partial charge in [0.1, 0.15) is 5.84 Å². The molecule has 1 aliphatic heterocycles. The average Bonchev–Trinajstić information content (AvgIpc) is 2.53. The van der Waals surface area contributed by atoms with E-state index in [2.05, 4.69) is 35.0 Å². The van der Waals surface area contributed by atoms with Crippen LogP contribution in [0.25, 0.3) is 0 Å². The topological polar surface area (TPSA) is 15.6 Å². The number of hydrogen-bond acceptors (Lipinski definition) is 2. The van der Waals surface area contributed by atoms with Crippen molar-refractivity contribution in [3.63, 3.8) is 0 Å². The molecule has 2 aliphatic rings. The number of likely N-dealkylation sites (N-methyl/N-ethyl adjacent to an activating group) is 1. The van der Waals surface area contributed by atoms with Gasteiger partial charge in [0, 0.05) is 30.9 Å². The van der Waals surface area contributed by atoms with E-state index < -0.39 is 0 Å². The smallest absolute Gasteiger partial charge is 0.136 e. The second kappa shape index (κ2) is 2.34. The lowest BCUT2D eigenvalue weighted by Gasteiger charge is -2.12. The summed E-state index contributed by atoms with van der Waals surface area (Å²) in [5.41, 5.74) is 3.66. The average molecular weight is 160 g/mol. The molecule has 0 atom stereocenters. The quantitative estimate of drug-likeness (QED) is 0.527. The molecule has 1 aliphatic carbocycles. The summed E-state index contributed by atoms with van der Waals surface area (Å²) < 4.78 is 0. The van der Waals surface area contributed by atoms with E-state index in [9.17, 15) is 0 Å². The molecule has 0 spiro atoms. The zero-order valence-electron chi connectivity index (χ0n) is 7.63. The highest BCUT2D eigenvalue weighted by Crippen LogP contribution is 2.30. The number of amidine groups is 1. The van der Waals surface area contributed by atoms with Gasteiger partial charge in [-0.3, -0.25) is 0 Å². The van der Waals surface area contributed by atoms with Crippen LogP contribution in [0, 0.1) is 0 Å². The van der Waals surface area contributed by atoms with E-state index in [1.54, 1.807) is 0 Å². The van der Waals surface area contributed by atoms with Gasteiger partial charge < -0.3 is 4.90 Å². The maximum absolute atomic E-state index is 4.48.